The van der Waals surface area contributed by atoms with Gasteiger partial charge in [0, 0.05) is 44.6 Å². The summed E-state index contributed by atoms with van der Waals surface area (Å²) in [6.07, 6.45) is 3.85. The Bertz CT molecular complexity index is 759. The van der Waals surface area contributed by atoms with E-state index in [1.165, 1.54) is 0 Å². The van der Waals surface area contributed by atoms with Gasteiger partial charge in [-0.2, -0.15) is 0 Å². The molecule has 2 aromatic heterocycles. The van der Waals surface area contributed by atoms with Crippen molar-refractivity contribution in [2.45, 2.75) is 39.4 Å². The number of hydrogen-bond donors (Lipinski definition) is 2. The molecule has 0 spiro atoms. The van der Waals surface area contributed by atoms with E-state index < -0.39 is 0 Å². The van der Waals surface area contributed by atoms with Crippen molar-refractivity contribution in [1.82, 2.24) is 24.9 Å². The number of nitrogens with zero attached hydrogens (tertiary/aromatic N) is 4. The number of imidazole rings is 1. The van der Waals surface area contributed by atoms with Crippen molar-refractivity contribution in [2.75, 3.05) is 20.1 Å². The van der Waals surface area contributed by atoms with Crippen LogP contribution >= 0.6 is 35.6 Å². The van der Waals surface area contributed by atoms with Gasteiger partial charge in [0.15, 0.2) is 5.96 Å². The van der Waals surface area contributed by atoms with Crippen molar-refractivity contribution in [3.8, 4) is 0 Å². The maximum Gasteiger partial charge on any atom is 0.191 e. The van der Waals surface area contributed by atoms with Crippen LogP contribution in [0.2, 0.25) is 5.02 Å². The molecule has 26 heavy (non-hydrogen) atoms. The predicted molar refractivity (Wildman–Crippen MR) is 119 cm³/mol. The summed E-state index contributed by atoms with van der Waals surface area (Å²) in [7, 11) is 1.80. The SMILES string of the molecule is CN=C(NCc1cn2cc(Cl)ccc2n1)NC1CN(C(C)C)CC1C.I. The molecular weight excluding hydrogens is 463 g/mol. The largest absolute Gasteiger partial charge is 0.352 e. The van der Waals surface area contributed by atoms with Crippen LogP contribution in [-0.4, -0.2) is 52.5 Å². The van der Waals surface area contributed by atoms with Crippen LogP contribution in [0.25, 0.3) is 5.65 Å². The second kappa shape index (κ2) is 9.23. The molecule has 2 unspecified atom stereocenters. The summed E-state index contributed by atoms with van der Waals surface area (Å²) in [5, 5.41) is 7.62. The van der Waals surface area contributed by atoms with Crippen molar-refractivity contribution in [2.24, 2.45) is 10.9 Å². The minimum Gasteiger partial charge on any atom is -0.352 e. The molecule has 6 nitrogen and oxygen atoms in total. The third kappa shape index (κ3) is 5.01. The fraction of sp³-hybridized carbons (Fsp3) is 0.556. The second-order valence-electron chi connectivity index (χ2n) is 7.05. The Balaban J connectivity index is 0.00000243. The normalized spacial score (nSPS) is 21.2. The van der Waals surface area contributed by atoms with Gasteiger partial charge in [0.05, 0.1) is 17.3 Å². The molecule has 3 rings (SSSR count). The average molecular weight is 491 g/mol. The van der Waals surface area contributed by atoms with E-state index in [2.05, 4.69) is 46.3 Å². The van der Waals surface area contributed by atoms with Crippen LogP contribution in [0.15, 0.2) is 29.5 Å². The topological polar surface area (TPSA) is 57.0 Å². The van der Waals surface area contributed by atoms with Crippen molar-refractivity contribution in [1.29, 1.82) is 0 Å². The monoisotopic (exact) mass is 490 g/mol. The zero-order valence-electron chi connectivity index (χ0n) is 15.7. The lowest BCUT2D eigenvalue weighted by Crippen LogP contribution is -2.46. The Morgan fingerprint density at radius 2 is 2.12 bits per heavy atom. The van der Waals surface area contributed by atoms with Crippen LogP contribution in [0.5, 0.6) is 0 Å². The Labute approximate surface area is 177 Å². The van der Waals surface area contributed by atoms with Crippen molar-refractivity contribution in [3.63, 3.8) is 0 Å². The molecule has 1 aliphatic heterocycles. The van der Waals surface area contributed by atoms with Gasteiger partial charge in [-0.05, 0) is 31.9 Å². The van der Waals surface area contributed by atoms with Gasteiger partial charge in [0.1, 0.15) is 5.65 Å². The number of likely N-dealkylation sites (tertiary alicyclic amines) is 1. The van der Waals surface area contributed by atoms with E-state index in [1.807, 2.05) is 28.9 Å². The molecule has 0 aliphatic carbocycles. The molecule has 3 heterocycles. The molecule has 2 atom stereocenters. The highest BCUT2D eigenvalue weighted by Crippen LogP contribution is 2.18. The first-order valence-electron chi connectivity index (χ1n) is 8.80. The average Bonchev–Trinajstić information content (AvgIpc) is 3.14. The molecule has 1 aliphatic rings. The molecule has 2 N–H and O–H groups in total. The lowest BCUT2D eigenvalue weighted by atomic mass is 10.1. The van der Waals surface area contributed by atoms with E-state index in [0.717, 1.165) is 30.4 Å². The molecule has 2 aromatic rings. The summed E-state index contributed by atoms with van der Waals surface area (Å²) >= 11 is 6.02. The standard InChI is InChI=1S/C18H27ClN6.HI/c1-12(2)24-8-13(3)16(11-24)23-18(20-4)21-7-15-10-25-9-14(19)5-6-17(25)22-15;/h5-6,9-10,12-13,16H,7-8,11H2,1-4H3,(H2,20,21,23);1H. The second-order valence-corrected chi connectivity index (χ2v) is 7.48. The summed E-state index contributed by atoms with van der Waals surface area (Å²) in [5.74, 6) is 1.41. The molecular formula is C18H28ClIN6. The van der Waals surface area contributed by atoms with Crippen LogP contribution < -0.4 is 10.6 Å². The minimum atomic E-state index is 0. The van der Waals surface area contributed by atoms with E-state index in [1.54, 1.807) is 7.05 Å². The van der Waals surface area contributed by atoms with Crippen molar-refractivity contribution in [3.05, 3.63) is 35.2 Å². The maximum atomic E-state index is 6.02. The summed E-state index contributed by atoms with van der Waals surface area (Å²) in [6, 6.07) is 4.76. The summed E-state index contributed by atoms with van der Waals surface area (Å²) in [5.41, 5.74) is 1.84. The molecule has 8 heteroatoms. The number of hydrogen-bond acceptors (Lipinski definition) is 3. The maximum absolute atomic E-state index is 6.02. The van der Waals surface area contributed by atoms with Gasteiger partial charge in [0.2, 0.25) is 0 Å². The first-order chi connectivity index (χ1) is 12.0. The Morgan fingerprint density at radius 3 is 2.77 bits per heavy atom. The van der Waals surface area contributed by atoms with Crippen molar-refractivity contribution >= 4 is 47.2 Å². The quantitative estimate of drug-likeness (QED) is 0.393. The lowest BCUT2D eigenvalue weighted by Gasteiger charge is -2.21. The van der Waals surface area contributed by atoms with Crippen molar-refractivity contribution < 1.29 is 0 Å². The number of aliphatic imine (C=N–C) groups is 1. The number of fused-ring (bicyclic) bond motifs is 1. The molecule has 0 bridgehead atoms. The minimum absolute atomic E-state index is 0. The zero-order valence-corrected chi connectivity index (χ0v) is 18.8. The highest BCUT2D eigenvalue weighted by Gasteiger charge is 2.31. The smallest absolute Gasteiger partial charge is 0.191 e. The van der Waals surface area contributed by atoms with Gasteiger partial charge in [-0.15, -0.1) is 24.0 Å². The molecule has 0 aromatic carbocycles. The van der Waals surface area contributed by atoms with E-state index in [9.17, 15) is 0 Å². The van der Waals surface area contributed by atoms with Crippen LogP contribution in [-0.2, 0) is 6.54 Å². The molecule has 0 amide bonds. The van der Waals surface area contributed by atoms with Gasteiger partial charge >= 0.3 is 0 Å². The van der Waals surface area contributed by atoms with E-state index in [4.69, 9.17) is 11.6 Å². The van der Waals surface area contributed by atoms with E-state index in [-0.39, 0.29) is 24.0 Å². The van der Waals surface area contributed by atoms with Crippen LogP contribution in [0.3, 0.4) is 0 Å². The number of guanidine groups is 1. The fourth-order valence-corrected chi connectivity index (χ4v) is 3.43. The van der Waals surface area contributed by atoms with Crippen LogP contribution in [0.4, 0.5) is 0 Å². The predicted octanol–water partition coefficient (Wildman–Crippen LogP) is 3.00. The Morgan fingerprint density at radius 1 is 1.35 bits per heavy atom. The first kappa shape index (κ1) is 21.2. The Kier molecular flexibility index (Phi) is 7.54. The number of halogens is 2. The fourth-order valence-electron chi connectivity index (χ4n) is 3.26. The van der Waals surface area contributed by atoms with Gasteiger partial charge < -0.3 is 15.0 Å². The Hall–Kier alpha value is -1.06. The van der Waals surface area contributed by atoms with Gasteiger partial charge in [-0.25, -0.2) is 4.98 Å². The number of pyridine rings is 1. The van der Waals surface area contributed by atoms with Crippen LogP contribution in [0, 0.1) is 5.92 Å². The molecule has 1 fully saturated rings. The highest BCUT2D eigenvalue weighted by molar-refractivity contribution is 14.0. The first-order valence-corrected chi connectivity index (χ1v) is 9.18. The third-order valence-electron chi connectivity index (χ3n) is 4.82. The highest BCUT2D eigenvalue weighted by atomic mass is 127. The van der Waals surface area contributed by atoms with E-state index >= 15 is 0 Å². The van der Waals surface area contributed by atoms with Gasteiger partial charge in [0.25, 0.3) is 0 Å². The lowest BCUT2D eigenvalue weighted by molar-refractivity contribution is 0.265. The summed E-state index contributed by atoms with van der Waals surface area (Å²) < 4.78 is 1.94. The molecule has 0 saturated carbocycles. The van der Waals surface area contributed by atoms with Gasteiger partial charge in [-0.1, -0.05) is 18.5 Å². The number of aromatic nitrogens is 2. The molecule has 1 saturated heterocycles. The number of rotatable bonds is 4. The summed E-state index contributed by atoms with van der Waals surface area (Å²) in [4.78, 5) is 11.5. The zero-order chi connectivity index (χ0) is 18.0. The number of nitrogens with one attached hydrogen (secondary N) is 2. The summed E-state index contributed by atoms with van der Waals surface area (Å²) in [6.45, 7) is 9.58. The molecule has 144 valence electrons. The molecule has 0 radical (unpaired) electrons. The van der Waals surface area contributed by atoms with Crippen LogP contribution in [0.1, 0.15) is 26.5 Å². The third-order valence-corrected chi connectivity index (χ3v) is 5.04. The van der Waals surface area contributed by atoms with Gasteiger partial charge in [-0.3, -0.25) is 9.89 Å². The van der Waals surface area contributed by atoms with E-state index in [0.29, 0.717) is 29.6 Å².